The summed E-state index contributed by atoms with van der Waals surface area (Å²) < 4.78 is 27.5. The summed E-state index contributed by atoms with van der Waals surface area (Å²) in [4.78, 5) is 10.7. The maximum Gasteiger partial charge on any atom is 0.243 e. The Morgan fingerprint density at radius 2 is 1.94 bits per heavy atom. The van der Waals surface area contributed by atoms with Gasteiger partial charge in [0, 0.05) is 24.5 Å². The molecule has 2 N–H and O–H groups in total. The molecule has 0 aliphatic carbocycles. The van der Waals surface area contributed by atoms with E-state index in [9.17, 15) is 8.42 Å². The van der Waals surface area contributed by atoms with Crippen LogP contribution in [0.4, 0.5) is 0 Å². The van der Waals surface area contributed by atoms with E-state index < -0.39 is 10.0 Å². The van der Waals surface area contributed by atoms with Crippen LogP contribution in [-0.4, -0.2) is 43.3 Å². The number of nitrogens with one attached hydrogen (secondary N) is 2. The van der Waals surface area contributed by atoms with Crippen LogP contribution in [0.2, 0.25) is 0 Å². The van der Waals surface area contributed by atoms with Crippen molar-refractivity contribution in [2.45, 2.75) is 58.0 Å². The summed E-state index contributed by atoms with van der Waals surface area (Å²) in [5.74, 6) is 0.687. The van der Waals surface area contributed by atoms with Crippen molar-refractivity contribution in [2.24, 2.45) is 4.99 Å². The Hall–Kier alpha value is -1.24. The lowest BCUT2D eigenvalue weighted by Crippen LogP contribution is -2.36. The highest BCUT2D eigenvalue weighted by atomic mass is 127. The number of guanidine groups is 1. The van der Waals surface area contributed by atoms with Gasteiger partial charge in [-0.2, -0.15) is 4.31 Å². The highest BCUT2D eigenvalue weighted by Gasteiger charge is 2.25. The second-order valence-corrected chi connectivity index (χ2v) is 10.6. The predicted molar refractivity (Wildman–Crippen MR) is 138 cm³/mol. The summed E-state index contributed by atoms with van der Waals surface area (Å²) in [6, 6.07) is 7.12. The van der Waals surface area contributed by atoms with Gasteiger partial charge < -0.3 is 10.6 Å². The minimum Gasteiger partial charge on any atom is -0.357 e. The molecule has 0 amide bonds. The van der Waals surface area contributed by atoms with E-state index in [-0.39, 0.29) is 24.0 Å². The topological polar surface area (TPSA) is 86.7 Å². The number of aromatic nitrogens is 1. The van der Waals surface area contributed by atoms with Crippen LogP contribution >= 0.6 is 35.3 Å². The van der Waals surface area contributed by atoms with E-state index in [2.05, 4.69) is 27.5 Å². The highest BCUT2D eigenvalue weighted by molar-refractivity contribution is 14.0. The molecule has 3 rings (SSSR count). The molecule has 10 heteroatoms. The van der Waals surface area contributed by atoms with Gasteiger partial charge in [0.1, 0.15) is 5.01 Å². The van der Waals surface area contributed by atoms with Crippen molar-refractivity contribution in [2.75, 3.05) is 19.6 Å². The molecule has 1 aliphatic heterocycles. The molecule has 1 aromatic heterocycles. The third-order valence-corrected chi connectivity index (χ3v) is 8.06. The summed E-state index contributed by atoms with van der Waals surface area (Å²) in [6.07, 6.45) is 2.96. The Morgan fingerprint density at radius 3 is 2.58 bits per heavy atom. The number of aryl methyl sites for hydroxylation is 2. The van der Waals surface area contributed by atoms with Crippen molar-refractivity contribution < 1.29 is 8.42 Å². The normalized spacial score (nSPS) is 15.4. The summed E-state index contributed by atoms with van der Waals surface area (Å²) in [7, 11) is -3.43. The zero-order chi connectivity index (χ0) is 21.6. The first kappa shape index (κ1) is 26.0. The van der Waals surface area contributed by atoms with Gasteiger partial charge in [0.2, 0.25) is 10.0 Å². The molecular formula is C21H32IN5O2S2. The average molecular weight is 578 g/mol. The van der Waals surface area contributed by atoms with E-state index in [1.165, 1.54) is 4.88 Å². The van der Waals surface area contributed by atoms with E-state index in [0.29, 0.717) is 37.0 Å². The van der Waals surface area contributed by atoms with Gasteiger partial charge in [-0.25, -0.2) is 18.4 Å². The molecule has 0 bridgehead atoms. The van der Waals surface area contributed by atoms with Crippen molar-refractivity contribution in [3.05, 3.63) is 45.4 Å². The molecule has 0 saturated carbocycles. The number of halogens is 1. The maximum atomic E-state index is 12.9. The number of thiazole rings is 1. The SMILES string of the molecule is CCNC(=NCc1cccc(S(=O)(=O)N2CCCCC2)c1)NCc1nc(C)c(C)s1.I. The van der Waals surface area contributed by atoms with E-state index in [1.807, 2.05) is 19.9 Å². The molecule has 1 aromatic carbocycles. The van der Waals surface area contributed by atoms with Crippen LogP contribution in [0, 0.1) is 13.8 Å². The third-order valence-electron chi connectivity index (χ3n) is 5.10. The van der Waals surface area contributed by atoms with Gasteiger partial charge in [-0.1, -0.05) is 18.6 Å². The average Bonchev–Trinajstić information content (AvgIpc) is 3.08. The van der Waals surface area contributed by atoms with E-state index in [4.69, 9.17) is 0 Å². The highest BCUT2D eigenvalue weighted by Crippen LogP contribution is 2.21. The summed E-state index contributed by atoms with van der Waals surface area (Å²) in [6.45, 7) is 9.05. The molecule has 2 aromatic rings. The largest absolute Gasteiger partial charge is 0.357 e. The first-order valence-corrected chi connectivity index (χ1v) is 12.7. The van der Waals surface area contributed by atoms with Crippen LogP contribution in [0.25, 0.3) is 0 Å². The van der Waals surface area contributed by atoms with Gasteiger partial charge in [0.25, 0.3) is 0 Å². The fourth-order valence-electron chi connectivity index (χ4n) is 3.34. The number of rotatable bonds is 7. The standard InChI is InChI=1S/C21H31N5O2S2.HI/c1-4-22-21(24-15-20-25-16(2)17(3)29-20)23-14-18-9-8-10-19(13-18)30(27,28)26-11-6-5-7-12-26;/h8-10,13H,4-7,11-12,14-15H2,1-3H3,(H2,22,23,24);1H. The number of hydrogen-bond acceptors (Lipinski definition) is 5. The second kappa shape index (κ2) is 12.1. The van der Waals surface area contributed by atoms with Crippen molar-refractivity contribution in [3.63, 3.8) is 0 Å². The Morgan fingerprint density at radius 1 is 1.19 bits per heavy atom. The van der Waals surface area contributed by atoms with E-state index >= 15 is 0 Å². The van der Waals surface area contributed by atoms with Crippen LogP contribution in [0.3, 0.4) is 0 Å². The molecule has 31 heavy (non-hydrogen) atoms. The molecule has 0 unspecified atom stereocenters. The molecule has 0 radical (unpaired) electrons. The zero-order valence-corrected chi connectivity index (χ0v) is 22.3. The number of hydrogen-bond donors (Lipinski definition) is 2. The summed E-state index contributed by atoms with van der Waals surface area (Å²) in [5.41, 5.74) is 1.93. The minimum atomic E-state index is -3.43. The number of nitrogens with zero attached hydrogens (tertiary/aromatic N) is 3. The van der Waals surface area contributed by atoms with Crippen LogP contribution in [0.15, 0.2) is 34.2 Å². The van der Waals surface area contributed by atoms with Crippen molar-refractivity contribution in [1.29, 1.82) is 0 Å². The van der Waals surface area contributed by atoms with Crippen LogP contribution in [0.1, 0.15) is 47.3 Å². The van der Waals surface area contributed by atoms with Crippen molar-refractivity contribution in [3.8, 4) is 0 Å². The lowest BCUT2D eigenvalue weighted by Gasteiger charge is -2.26. The van der Waals surface area contributed by atoms with Gasteiger partial charge >= 0.3 is 0 Å². The third kappa shape index (κ3) is 7.13. The smallest absolute Gasteiger partial charge is 0.243 e. The Balaban J connectivity index is 0.00000341. The first-order valence-electron chi connectivity index (χ1n) is 10.4. The number of sulfonamides is 1. The fraction of sp³-hybridized carbons (Fsp3) is 0.524. The number of aliphatic imine (C=N–C) groups is 1. The lowest BCUT2D eigenvalue weighted by atomic mass is 10.2. The molecule has 0 atom stereocenters. The Kier molecular flexibility index (Phi) is 10.2. The molecule has 0 spiro atoms. The van der Waals surface area contributed by atoms with Crippen LogP contribution in [-0.2, 0) is 23.1 Å². The molecule has 1 saturated heterocycles. The van der Waals surface area contributed by atoms with Crippen LogP contribution < -0.4 is 10.6 Å². The molecule has 2 heterocycles. The van der Waals surface area contributed by atoms with Gasteiger partial charge in [-0.05, 0) is 51.3 Å². The quantitative estimate of drug-likeness (QED) is 0.297. The molecule has 1 aliphatic rings. The van der Waals surface area contributed by atoms with E-state index in [0.717, 1.165) is 42.1 Å². The van der Waals surface area contributed by atoms with Gasteiger partial charge in [-0.15, -0.1) is 35.3 Å². The molecular weight excluding hydrogens is 545 g/mol. The lowest BCUT2D eigenvalue weighted by molar-refractivity contribution is 0.346. The fourth-order valence-corrected chi connectivity index (χ4v) is 5.81. The van der Waals surface area contributed by atoms with E-state index in [1.54, 1.807) is 33.8 Å². The van der Waals surface area contributed by atoms with Gasteiger partial charge in [-0.3, -0.25) is 0 Å². The Bertz CT molecular complexity index is 966. The van der Waals surface area contributed by atoms with Gasteiger partial charge in [0.15, 0.2) is 5.96 Å². The Labute approximate surface area is 206 Å². The predicted octanol–water partition coefficient (Wildman–Crippen LogP) is 3.81. The maximum absolute atomic E-state index is 12.9. The van der Waals surface area contributed by atoms with Crippen molar-refractivity contribution >= 4 is 51.3 Å². The number of piperidine rings is 1. The molecule has 172 valence electrons. The minimum absolute atomic E-state index is 0. The molecule has 1 fully saturated rings. The molecule has 7 nitrogen and oxygen atoms in total. The first-order chi connectivity index (χ1) is 14.4. The number of benzene rings is 1. The summed E-state index contributed by atoms with van der Waals surface area (Å²) in [5, 5.41) is 7.55. The van der Waals surface area contributed by atoms with Crippen molar-refractivity contribution in [1.82, 2.24) is 19.9 Å². The zero-order valence-electron chi connectivity index (χ0n) is 18.3. The summed E-state index contributed by atoms with van der Waals surface area (Å²) >= 11 is 1.68. The van der Waals surface area contributed by atoms with Gasteiger partial charge in [0.05, 0.1) is 23.7 Å². The van der Waals surface area contributed by atoms with Crippen LogP contribution in [0.5, 0.6) is 0 Å². The second-order valence-electron chi connectivity index (χ2n) is 7.41. The monoisotopic (exact) mass is 577 g/mol.